The van der Waals surface area contributed by atoms with Gasteiger partial charge in [0.2, 0.25) is 9.87 Å². The fourth-order valence-electron chi connectivity index (χ4n) is 1.23. The normalized spacial score (nSPS) is 10.1. The third kappa shape index (κ3) is 3.27. The molecule has 2 aromatic rings. The van der Waals surface area contributed by atoms with Crippen LogP contribution >= 0.6 is 27.5 Å². The molecule has 0 aliphatic heterocycles. The summed E-state index contributed by atoms with van der Waals surface area (Å²) in [5.41, 5.74) is 0.942. The van der Waals surface area contributed by atoms with Gasteiger partial charge in [0.15, 0.2) is 0 Å². The first-order chi connectivity index (χ1) is 8.66. The maximum Gasteiger partial charge on any atom is 0.416 e. The molecule has 5 nitrogen and oxygen atoms in total. The van der Waals surface area contributed by atoms with E-state index in [9.17, 15) is 4.79 Å². The second-order valence-electron chi connectivity index (χ2n) is 3.45. The molecule has 18 heavy (non-hydrogen) atoms. The Balaban J connectivity index is 1.92. The summed E-state index contributed by atoms with van der Waals surface area (Å²) in [5.74, 6) is 0. The molecule has 1 aromatic heterocycles. The van der Waals surface area contributed by atoms with Crippen LogP contribution in [0.15, 0.2) is 35.1 Å². The highest BCUT2D eigenvalue weighted by atomic mass is 79.9. The predicted molar refractivity (Wildman–Crippen MR) is 72.6 cm³/mol. The van der Waals surface area contributed by atoms with Gasteiger partial charge in [0.1, 0.15) is 6.61 Å². The van der Waals surface area contributed by atoms with E-state index in [0.29, 0.717) is 9.87 Å². The van der Waals surface area contributed by atoms with E-state index in [1.165, 1.54) is 4.90 Å². The Morgan fingerprint density at radius 2 is 2.17 bits per heavy atom. The molecule has 1 amide bonds. The van der Waals surface area contributed by atoms with Gasteiger partial charge in [0.25, 0.3) is 0 Å². The van der Waals surface area contributed by atoms with Crippen LogP contribution in [-0.2, 0) is 11.3 Å². The van der Waals surface area contributed by atoms with Crippen molar-refractivity contribution < 1.29 is 9.53 Å². The molecule has 0 saturated carbocycles. The van der Waals surface area contributed by atoms with Crippen LogP contribution in [0.3, 0.4) is 0 Å². The number of anilines is 1. The lowest BCUT2D eigenvalue weighted by atomic mass is 10.2. The summed E-state index contributed by atoms with van der Waals surface area (Å²) in [4.78, 5) is 17.1. The predicted octanol–water partition coefficient (Wildman–Crippen LogP) is 3.07. The van der Waals surface area contributed by atoms with Gasteiger partial charge in [-0.05, 0) is 21.5 Å². The fourth-order valence-corrected chi connectivity index (χ4v) is 2.25. The van der Waals surface area contributed by atoms with Crippen LogP contribution in [0.2, 0.25) is 0 Å². The maximum atomic E-state index is 11.8. The van der Waals surface area contributed by atoms with Crippen molar-refractivity contribution in [1.82, 2.24) is 9.36 Å². The number of ether oxygens (including phenoxy) is 1. The van der Waals surface area contributed by atoms with Gasteiger partial charge in [-0.1, -0.05) is 30.3 Å². The summed E-state index contributed by atoms with van der Waals surface area (Å²) in [6.45, 7) is 0.240. The zero-order valence-electron chi connectivity index (χ0n) is 9.54. The summed E-state index contributed by atoms with van der Waals surface area (Å²) in [6.07, 6.45) is -0.456. The highest BCUT2D eigenvalue weighted by molar-refractivity contribution is 9.10. The van der Waals surface area contributed by atoms with Gasteiger partial charge in [-0.2, -0.15) is 9.36 Å². The number of halogens is 1. The first-order valence-electron chi connectivity index (χ1n) is 5.10. The minimum Gasteiger partial charge on any atom is -0.444 e. The SMILES string of the molecule is CN(C(=O)OCc1ccccc1)c1nc(Br)ns1. The summed E-state index contributed by atoms with van der Waals surface area (Å²) in [6, 6.07) is 9.50. The van der Waals surface area contributed by atoms with Crippen LogP contribution in [0, 0.1) is 0 Å². The second-order valence-corrected chi connectivity index (χ2v) is 4.88. The summed E-state index contributed by atoms with van der Waals surface area (Å²) >= 11 is 4.26. The van der Waals surface area contributed by atoms with Crippen molar-refractivity contribution in [2.24, 2.45) is 0 Å². The molecule has 0 unspecified atom stereocenters. The molecular formula is C11H10BrN3O2S. The molecule has 1 heterocycles. The number of amides is 1. The van der Waals surface area contributed by atoms with Crippen LogP contribution < -0.4 is 4.90 Å². The molecule has 94 valence electrons. The molecule has 0 bridgehead atoms. The zero-order chi connectivity index (χ0) is 13.0. The largest absolute Gasteiger partial charge is 0.444 e. The number of nitrogens with zero attached hydrogens (tertiary/aromatic N) is 3. The summed E-state index contributed by atoms with van der Waals surface area (Å²) in [5, 5.41) is 0.486. The maximum absolute atomic E-state index is 11.8. The number of carbonyl (C=O) groups excluding carboxylic acids is 1. The Morgan fingerprint density at radius 3 is 2.78 bits per heavy atom. The average Bonchev–Trinajstić information content (AvgIpc) is 2.83. The topological polar surface area (TPSA) is 55.3 Å². The highest BCUT2D eigenvalue weighted by Gasteiger charge is 2.16. The van der Waals surface area contributed by atoms with Crippen LogP contribution in [0.1, 0.15) is 5.56 Å². The van der Waals surface area contributed by atoms with E-state index in [1.54, 1.807) is 7.05 Å². The second kappa shape index (κ2) is 5.92. The Kier molecular flexibility index (Phi) is 4.27. The molecular weight excluding hydrogens is 318 g/mol. The van der Waals surface area contributed by atoms with Crippen molar-refractivity contribution in [2.45, 2.75) is 6.61 Å². The van der Waals surface area contributed by atoms with E-state index in [1.807, 2.05) is 30.3 Å². The van der Waals surface area contributed by atoms with Crippen molar-refractivity contribution >= 4 is 38.7 Å². The van der Waals surface area contributed by atoms with Crippen molar-refractivity contribution in [3.8, 4) is 0 Å². The van der Waals surface area contributed by atoms with Crippen molar-refractivity contribution in [3.05, 3.63) is 40.6 Å². The first kappa shape index (κ1) is 13.0. The molecule has 0 radical (unpaired) electrons. The quantitative estimate of drug-likeness (QED) is 0.869. The molecule has 0 atom stereocenters. The monoisotopic (exact) mass is 327 g/mol. The number of hydrogen-bond acceptors (Lipinski definition) is 5. The fraction of sp³-hybridized carbons (Fsp3) is 0.182. The van der Waals surface area contributed by atoms with Crippen LogP contribution in [0.5, 0.6) is 0 Å². The van der Waals surface area contributed by atoms with E-state index in [2.05, 4.69) is 25.3 Å². The smallest absolute Gasteiger partial charge is 0.416 e. The molecule has 0 N–H and O–H groups in total. The van der Waals surface area contributed by atoms with Gasteiger partial charge >= 0.3 is 6.09 Å². The minimum atomic E-state index is -0.456. The Bertz CT molecular complexity index is 532. The summed E-state index contributed by atoms with van der Waals surface area (Å²) < 4.78 is 9.56. The van der Waals surface area contributed by atoms with E-state index < -0.39 is 6.09 Å². The van der Waals surface area contributed by atoms with Gasteiger partial charge in [-0.3, -0.25) is 4.90 Å². The molecule has 0 saturated heterocycles. The van der Waals surface area contributed by atoms with Gasteiger partial charge in [0.05, 0.1) is 0 Å². The van der Waals surface area contributed by atoms with Gasteiger partial charge in [-0.25, -0.2) is 4.79 Å². The third-order valence-corrected chi connectivity index (χ3v) is 3.54. The number of carbonyl (C=O) groups is 1. The number of rotatable bonds is 3. The molecule has 0 aliphatic rings. The molecule has 2 rings (SSSR count). The molecule has 1 aromatic carbocycles. The van der Waals surface area contributed by atoms with Gasteiger partial charge in [-0.15, -0.1) is 0 Å². The van der Waals surface area contributed by atoms with Gasteiger partial charge < -0.3 is 4.74 Å². The summed E-state index contributed by atoms with van der Waals surface area (Å²) in [7, 11) is 1.60. The standard InChI is InChI=1S/C11H10BrN3O2S/c1-15(10-13-9(12)14-18-10)11(16)17-7-8-5-3-2-4-6-8/h2-6H,7H2,1H3. The molecule has 0 aliphatic carbocycles. The Labute approximate surface area is 117 Å². The van der Waals surface area contributed by atoms with Crippen molar-refractivity contribution in [1.29, 1.82) is 0 Å². The van der Waals surface area contributed by atoms with E-state index in [0.717, 1.165) is 17.1 Å². The molecule has 7 heteroatoms. The average molecular weight is 328 g/mol. The Morgan fingerprint density at radius 1 is 1.44 bits per heavy atom. The van der Waals surface area contributed by atoms with Crippen LogP contribution in [0.4, 0.5) is 9.93 Å². The zero-order valence-corrected chi connectivity index (χ0v) is 11.9. The molecule has 0 spiro atoms. The lowest BCUT2D eigenvalue weighted by molar-refractivity contribution is 0.148. The lowest BCUT2D eigenvalue weighted by Gasteiger charge is -2.13. The lowest BCUT2D eigenvalue weighted by Crippen LogP contribution is -2.26. The van der Waals surface area contributed by atoms with Gasteiger partial charge in [0, 0.05) is 18.6 Å². The Hall–Kier alpha value is -1.47. The van der Waals surface area contributed by atoms with E-state index in [4.69, 9.17) is 4.74 Å². The number of aromatic nitrogens is 2. The molecule has 0 fully saturated rings. The third-order valence-electron chi connectivity index (χ3n) is 2.16. The van der Waals surface area contributed by atoms with Crippen LogP contribution in [0.25, 0.3) is 0 Å². The number of hydrogen-bond donors (Lipinski definition) is 0. The van der Waals surface area contributed by atoms with Crippen molar-refractivity contribution in [2.75, 3.05) is 11.9 Å². The van der Waals surface area contributed by atoms with Crippen molar-refractivity contribution in [3.63, 3.8) is 0 Å². The van der Waals surface area contributed by atoms with E-state index >= 15 is 0 Å². The minimum absolute atomic E-state index is 0.240. The van der Waals surface area contributed by atoms with E-state index in [-0.39, 0.29) is 6.61 Å². The number of benzene rings is 1. The highest BCUT2D eigenvalue weighted by Crippen LogP contribution is 2.19. The first-order valence-corrected chi connectivity index (χ1v) is 6.67. The van der Waals surface area contributed by atoms with Crippen LogP contribution in [-0.4, -0.2) is 22.5 Å².